The number of rotatable bonds is 5. The van der Waals surface area contributed by atoms with E-state index in [-0.39, 0.29) is 11.8 Å². The van der Waals surface area contributed by atoms with E-state index in [0.29, 0.717) is 30.5 Å². The lowest BCUT2D eigenvalue weighted by Crippen LogP contribution is -2.37. The molecule has 0 N–H and O–H groups in total. The number of amides is 1. The molecule has 136 valence electrons. The second-order valence-corrected chi connectivity index (χ2v) is 6.78. The van der Waals surface area contributed by atoms with Crippen molar-refractivity contribution in [2.75, 3.05) is 13.1 Å². The summed E-state index contributed by atoms with van der Waals surface area (Å²) in [5.41, 5.74) is 1.78. The first-order valence-corrected chi connectivity index (χ1v) is 8.88. The Balaban J connectivity index is 1.71. The van der Waals surface area contributed by atoms with E-state index in [0.717, 1.165) is 30.3 Å². The smallest absolute Gasteiger partial charge is 0.246 e. The molecule has 0 spiro atoms. The van der Waals surface area contributed by atoms with Gasteiger partial charge >= 0.3 is 0 Å². The van der Waals surface area contributed by atoms with Gasteiger partial charge in [0.2, 0.25) is 5.91 Å². The van der Waals surface area contributed by atoms with Gasteiger partial charge in [-0.05, 0) is 54.3 Å². The standard InChI is InChI=1S/C18H20ClN5O2/c1-13-20-22-24(21-13)11-16-10-17(19)4-2-15(16)3-5-18(26)23-8-6-14(12-25)7-9-23/h2-5,10,12,14H,6-9,11H2,1H3. The highest BCUT2D eigenvalue weighted by atomic mass is 35.5. The van der Waals surface area contributed by atoms with Gasteiger partial charge in [-0.15, -0.1) is 10.2 Å². The Bertz CT molecular complexity index is 825. The van der Waals surface area contributed by atoms with Crippen LogP contribution in [0.5, 0.6) is 0 Å². The molecule has 3 rings (SSSR count). The third-order valence-corrected chi connectivity index (χ3v) is 4.65. The molecule has 1 fully saturated rings. The monoisotopic (exact) mass is 373 g/mol. The summed E-state index contributed by atoms with van der Waals surface area (Å²) in [6, 6.07) is 5.48. The zero-order valence-corrected chi connectivity index (χ0v) is 15.3. The van der Waals surface area contributed by atoms with E-state index < -0.39 is 0 Å². The van der Waals surface area contributed by atoms with E-state index in [1.807, 2.05) is 12.1 Å². The molecular formula is C18H20ClN5O2. The molecule has 0 radical (unpaired) electrons. The van der Waals surface area contributed by atoms with Gasteiger partial charge in [-0.3, -0.25) is 4.79 Å². The molecule has 0 bridgehead atoms. The maximum absolute atomic E-state index is 12.4. The van der Waals surface area contributed by atoms with Crippen molar-refractivity contribution in [3.05, 3.63) is 46.2 Å². The predicted octanol–water partition coefficient (Wildman–Crippen LogP) is 2.13. The van der Waals surface area contributed by atoms with Gasteiger partial charge in [0.1, 0.15) is 6.29 Å². The van der Waals surface area contributed by atoms with Crippen molar-refractivity contribution in [3.63, 3.8) is 0 Å². The Morgan fingerprint density at radius 3 is 2.77 bits per heavy atom. The first-order chi connectivity index (χ1) is 12.5. The normalized spacial score (nSPS) is 15.5. The van der Waals surface area contributed by atoms with Crippen LogP contribution in [-0.2, 0) is 16.1 Å². The van der Waals surface area contributed by atoms with Crippen LogP contribution in [0.2, 0.25) is 5.02 Å². The molecule has 1 aromatic carbocycles. The van der Waals surface area contributed by atoms with Crippen LogP contribution >= 0.6 is 11.6 Å². The fourth-order valence-corrected chi connectivity index (χ4v) is 3.13. The van der Waals surface area contributed by atoms with Gasteiger partial charge in [-0.2, -0.15) is 4.80 Å². The Morgan fingerprint density at radius 2 is 2.12 bits per heavy atom. The van der Waals surface area contributed by atoms with Crippen molar-refractivity contribution in [2.24, 2.45) is 5.92 Å². The zero-order valence-electron chi connectivity index (χ0n) is 14.5. The lowest BCUT2D eigenvalue weighted by Gasteiger charge is -2.28. The average molecular weight is 374 g/mol. The van der Waals surface area contributed by atoms with Crippen LogP contribution in [0.25, 0.3) is 6.08 Å². The quantitative estimate of drug-likeness (QED) is 0.592. The number of nitrogens with zero attached hydrogens (tertiary/aromatic N) is 5. The number of carbonyl (C=O) groups is 2. The number of aldehydes is 1. The summed E-state index contributed by atoms with van der Waals surface area (Å²) in [5, 5.41) is 12.6. The van der Waals surface area contributed by atoms with Gasteiger partial charge < -0.3 is 9.69 Å². The molecule has 2 heterocycles. The molecule has 26 heavy (non-hydrogen) atoms. The van der Waals surface area contributed by atoms with Gasteiger partial charge in [0.05, 0.1) is 6.54 Å². The Kier molecular flexibility index (Phi) is 5.78. The molecule has 2 aromatic rings. The van der Waals surface area contributed by atoms with Crippen molar-refractivity contribution < 1.29 is 9.59 Å². The molecule has 1 saturated heterocycles. The fraction of sp³-hybridized carbons (Fsp3) is 0.389. The summed E-state index contributed by atoms with van der Waals surface area (Å²) in [5.74, 6) is 0.618. The second-order valence-electron chi connectivity index (χ2n) is 6.34. The maximum Gasteiger partial charge on any atom is 0.246 e. The maximum atomic E-state index is 12.4. The molecule has 1 aliphatic heterocycles. The van der Waals surface area contributed by atoms with E-state index >= 15 is 0 Å². The molecule has 0 atom stereocenters. The number of aromatic nitrogens is 4. The number of likely N-dealkylation sites (tertiary alicyclic amines) is 1. The average Bonchev–Trinajstić information content (AvgIpc) is 3.05. The molecule has 1 amide bonds. The number of hydrogen-bond acceptors (Lipinski definition) is 5. The van der Waals surface area contributed by atoms with Crippen LogP contribution in [0.3, 0.4) is 0 Å². The van der Waals surface area contributed by atoms with Crippen LogP contribution in [0, 0.1) is 12.8 Å². The minimum atomic E-state index is -0.0509. The zero-order chi connectivity index (χ0) is 18.5. The van der Waals surface area contributed by atoms with Crippen molar-refractivity contribution >= 4 is 29.9 Å². The highest BCUT2D eigenvalue weighted by Gasteiger charge is 2.20. The number of piperidine rings is 1. The number of aryl methyl sites for hydroxylation is 1. The van der Waals surface area contributed by atoms with Crippen LogP contribution in [-0.4, -0.2) is 50.4 Å². The molecule has 1 aromatic heterocycles. The topological polar surface area (TPSA) is 81.0 Å². The Morgan fingerprint density at radius 1 is 1.35 bits per heavy atom. The van der Waals surface area contributed by atoms with E-state index in [2.05, 4.69) is 15.4 Å². The number of halogens is 1. The summed E-state index contributed by atoms with van der Waals surface area (Å²) >= 11 is 6.11. The number of benzene rings is 1. The molecule has 0 unspecified atom stereocenters. The lowest BCUT2D eigenvalue weighted by molar-refractivity contribution is -0.128. The Labute approximate surface area is 156 Å². The lowest BCUT2D eigenvalue weighted by atomic mass is 9.98. The van der Waals surface area contributed by atoms with Crippen molar-refractivity contribution in [1.82, 2.24) is 25.1 Å². The van der Waals surface area contributed by atoms with E-state index in [1.165, 1.54) is 4.80 Å². The molecule has 1 aliphatic rings. The van der Waals surface area contributed by atoms with Gasteiger partial charge in [-0.1, -0.05) is 17.7 Å². The van der Waals surface area contributed by atoms with Crippen molar-refractivity contribution in [1.29, 1.82) is 0 Å². The van der Waals surface area contributed by atoms with Gasteiger partial charge in [0.15, 0.2) is 5.82 Å². The van der Waals surface area contributed by atoms with E-state index in [9.17, 15) is 9.59 Å². The van der Waals surface area contributed by atoms with Gasteiger partial charge in [0, 0.05) is 30.1 Å². The van der Waals surface area contributed by atoms with Crippen LogP contribution < -0.4 is 0 Å². The van der Waals surface area contributed by atoms with E-state index in [4.69, 9.17) is 11.6 Å². The van der Waals surface area contributed by atoms with Gasteiger partial charge in [0.25, 0.3) is 0 Å². The highest BCUT2D eigenvalue weighted by Crippen LogP contribution is 2.19. The molecule has 7 nitrogen and oxygen atoms in total. The minimum Gasteiger partial charge on any atom is -0.339 e. The van der Waals surface area contributed by atoms with Crippen molar-refractivity contribution in [2.45, 2.75) is 26.3 Å². The fourth-order valence-electron chi connectivity index (χ4n) is 2.94. The molecular weight excluding hydrogens is 354 g/mol. The number of carbonyl (C=O) groups excluding carboxylic acids is 2. The van der Waals surface area contributed by atoms with Crippen LogP contribution in [0.4, 0.5) is 0 Å². The first kappa shape index (κ1) is 18.3. The molecule has 8 heteroatoms. The highest BCUT2D eigenvalue weighted by molar-refractivity contribution is 6.30. The SMILES string of the molecule is Cc1nnn(Cc2cc(Cl)ccc2C=CC(=O)N2CCC(C=O)CC2)n1. The largest absolute Gasteiger partial charge is 0.339 e. The van der Waals surface area contributed by atoms with Crippen LogP contribution in [0.15, 0.2) is 24.3 Å². The van der Waals surface area contributed by atoms with Crippen LogP contribution in [0.1, 0.15) is 29.8 Å². The predicted molar refractivity (Wildman–Crippen MR) is 97.5 cm³/mol. The summed E-state index contributed by atoms with van der Waals surface area (Å²) in [7, 11) is 0. The minimum absolute atomic E-state index is 0.0509. The third-order valence-electron chi connectivity index (χ3n) is 4.42. The number of tetrazole rings is 1. The second kappa shape index (κ2) is 8.23. The Hall–Kier alpha value is -2.54. The summed E-state index contributed by atoms with van der Waals surface area (Å²) in [4.78, 5) is 26.5. The summed E-state index contributed by atoms with van der Waals surface area (Å²) in [6.07, 6.45) is 5.79. The number of hydrogen-bond donors (Lipinski definition) is 0. The first-order valence-electron chi connectivity index (χ1n) is 8.50. The molecule has 0 saturated carbocycles. The third kappa shape index (κ3) is 4.54. The molecule has 0 aliphatic carbocycles. The van der Waals surface area contributed by atoms with Gasteiger partial charge in [-0.25, -0.2) is 0 Å². The summed E-state index contributed by atoms with van der Waals surface area (Å²) < 4.78 is 0. The summed E-state index contributed by atoms with van der Waals surface area (Å²) in [6.45, 7) is 3.42. The van der Waals surface area contributed by atoms with Crippen molar-refractivity contribution in [3.8, 4) is 0 Å². The van der Waals surface area contributed by atoms with E-state index in [1.54, 1.807) is 30.0 Å².